The van der Waals surface area contributed by atoms with Crippen LogP contribution in [0.15, 0.2) is 5.10 Å². The zero-order chi connectivity index (χ0) is 11.8. The summed E-state index contributed by atoms with van der Waals surface area (Å²) < 4.78 is 0. The number of hydrogen-bond donors (Lipinski definition) is 2. The van der Waals surface area contributed by atoms with Crippen LogP contribution in [0.3, 0.4) is 0 Å². The Morgan fingerprint density at radius 3 is 2.47 bits per heavy atom. The van der Waals surface area contributed by atoms with Crippen LogP contribution in [0.4, 0.5) is 4.79 Å². The highest BCUT2D eigenvalue weighted by Crippen LogP contribution is 2.20. The van der Waals surface area contributed by atoms with Crippen LogP contribution in [0.25, 0.3) is 0 Å². The minimum atomic E-state index is -0.606. The molecule has 88 valence electrons. The van der Waals surface area contributed by atoms with Crippen molar-refractivity contribution in [1.82, 2.24) is 5.43 Å². The Balaban J connectivity index is 3.92. The van der Waals surface area contributed by atoms with Crippen LogP contribution in [-0.4, -0.2) is 11.7 Å². The van der Waals surface area contributed by atoms with E-state index >= 15 is 0 Å². The summed E-state index contributed by atoms with van der Waals surface area (Å²) in [5.41, 5.74) is 8.08. The molecule has 1 atom stereocenters. The maximum Gasteiger partial charge on any atom is 0.332 e. The third kappa shape index (κ3) is 6.94. The minimum Gasteiger partial charge on any atom is -0.350 e. The summed E-state index contributed by atoms with van der Waals surface area (Å²) in [5, 5.41) is 3.88. The number of hydrogen-bond acceptors (Lipinski definition) is 2. The predicted octanol–water partition coefficient (Wildman–Crippen LogP) is 2.49. The summed E-state index contributed by atoms with van der Waals surface area (Å²) in [6, 6.07) is -0.606. The summed E-state index contributed by atoms with van der Waals surface area (Å²) in [7, 11) is 0. The number of hydrazone groups is 1. The van der Waals surface area contributed by atoms with E-state index in [1.54, 1.807) is 0 Å². The molecule has 4 nitrogen and oxygen atoms in total. The highest BCUT2D eigenvalue weighted by molar-refractivity contribution is 5.83. The lowest BCUT2D eigenvalue weighted by molar-refractivity contribution is 0.249. The van der Waals surface area contributed by atoms with Crippen molar-refractivity contribution in [2.75, 3.05) is 0 Å². The van der Waals surface area contributed by atoms with Gasteiger partial charge in [0, 0.05) is 5.71 Å². The van der Waals surface area contributed by atoms with Gasteiger partial charge in [0.2, 0.25) is 0 Å². The second-order valence-corrected chi connectivity index (χ2v) is 4.27. The van der Waals surface area contributed by atoms with E-state index in [9.17, 15) is 4.79 Å². The monoisotopic (exact) mass is 213 g/mol. The van der Waals surface area contributed by atoms with Gasteiger partial charge in [-0.15, -0.1) is 0 Å². The van der Waals surface area contributed by atoms with Gasteiger partial charge in [0.05, 0.1) is 0 Å². The molecule has 0 saturated carbocycles. The Labute approximate surface area is 92.3 Å². The van der Waals surface area contributed by atoms with Crippen LogP contribution < -0.4 is 11.2 Å². The van der Waals surface area contributed by atoms with Crippen LogP contribution in [0, 0.1) is 11.8 Å². The SMILES string of the molecule is CC[C@@H](CC/C(C)=N/NC(N)=O)C(C)C. The second-order valence-electron chi connectivity index (χ2n) is 4.27. The van der Waals surface area contributed by atoms with Gasteiger partial charge in [-0.1, -0.05) is 27.2 Å². The molecule has 0 unspecified atom stereocenters. The largest absolute Gasteiger partial charge is 0.350 e. The first-order valence-electron chi connectivity index (χ1n) is 5.56. The lowest BCUT2D eigenvalue weighted by Gasteiger charge is -2.18. The van der Waals surface area contributed by atoms with Crippen molar-refractivity contribution in [2.45, 2.75) is 47.0 Å². The van der Waals surface area contributed by atoms with Gasteiger partial charge in [0.1, 0.15) is 0 Å². The summed E-state index contributed by atoms with van der Waals surface area (Å²) in [6.07, 6.45) is 3.22. The van der Waals surface area contributed by atoms with Crippen LogP contribution in [0.5, 0.6) is 0 Å². The first-order chi connectivity index (χ1) is 6.97. The van der Waals surface area contributed by atoms with E-state index in [0.29, 0.717) is 5.92 Å². The number of amides is 2. The number of urea groups is 1. The molecule has 0 aliphatic heterocycles. The molecule has 0 radical (unpaired) electrons. The number of carbonyl (C=O) groups is 1. The van der Waals surface area contributed by atoms with Gasteiger partial charge in [-0.2, -0.15) is 5.10 Å². The molecular weight excluding hydrogens is 190 g/mol. The zero-order valence-electron chi connectivity index (χ0n) is 10.2. The molecule has 3 N–H and O–H groups in total. The molecule has 0 aliphatic carbocycles. The molecule has 0 bridgehead atoms. The number of rotatable bonds is 6. The molecule has 0 aromatic carbocycles. The van der Waals surface area contributed by atoms with Crippen molar-refractivity contribution in [3.8, 4) is 0 Å². The average molecular weight is 213 g/mol. The standard InChI is InChI=1S/C11H23N3O/c1-5-10(8(2)3)7-6-9(4)13-14-11(12)15/h8,10H,5-7H2,1-4H3,(H3,12,14,15)/b13-9+/t10-/m0/s1. The molecule has 0 aliphatic rings. The molecule has 0 spiro atoms. The van der Waals surface area contributed by atoms with E-state index in [1.165, 1.54) is 6.42 Å². The van der Waals surface area contributed by atoms with Gasteiger partial charge in [-0.05, 0) is 31.6 Å². The lowest BCUT2D eigenvalue weighted by Crippen LogP contribution is -2.25. The quantitative estimate of drug-likeness (QED) is 0.516. The summed E-state index contributed by atoms with van der Waals surface area (Å²) in [5.74, 6) is 1.43. The van der Waals surface area contributed by atoms with Gasteiger partial charge in [0.15, 0.2) is 0 Å². The van der Waals surface area contributed by atoms with Crippen molar-refractivity contribution < 1.29 is 4.79 Å². The molecule has 0 fully saturated rings. The van der Waals surface area contributed by atoms with Gasteiger partial charge < -0.3 is 5.73 Å². The van der Waals surface area contributed by atoms with Gasteiger partial charge in [-0.3, -0.25) is 0 Å². The zero-order valence-corrected chi connectivity index (χ0v) is 10.2. The third-order valence-electron chi connectivity index (χ3n) is 2.70. The van der Waals surface area contributed by atoms with Crippen molar-refractivity contribution >= 4 is 11.7 Å². The number of primary amides is 1. The van der Waals surface area contributed by atoms with Crippen molar-refractivity contribution in [3.05, 3.63) is 0 Å². The fraction of sp³-hybridized carbons (Fsp3) is 0.818. The van der Waals surface area contributed by atoms with Crippen LogP contribution >= 0.6 is 0 Å². The third-order valence-corrected chi connectivity index (χ3v) is 2.70. The number of carbonyl (C=O) groups excluding carboxylic acids is 1. The number of nitrogens with one attached hydrogen (secondary N) is 1. The van der Waals surface area contributed by atoms with E-state index in [1.807, 2.05) is 6.92 Å². The fourth-order valence-electron chi connectivity index (χ4n) is 1.61. The molecule has 0 heterocycles. The molecule has 2 amide bonds. The maximum atomic E-state index is 10.4. The molecule has 0 saturated heterocycles. The first kappa shape index (κ1) is 13.9. The molecule has 0 rings (SSSR count). The summed E-state index contributed by atoms with van der Waals surface area (Å²) in [4.78, 5) is 10.4. The Kier molecular flexibility index (Phi) is 6.75. The summed E-state index contributed by atoms with van der Waals surface area (Å²) in [6.45, 7) is 8.59. The normalized spacial score (nSPS) is 14.1. The Morgan fingerprint density at radius 2 is 2.07 bits per heavy atom. The molecule has 0 aromatic rings. The van der Waals surface area contributed by atoms with Crippen LogP contribution in [0.2, 0.25) is 0 Å². The Morgan fingerprint density at radius 1 is 1.47 bits per heavy atom. The van der Waals surface area contributed by atoms with Crippen molar-refractivity contribution in [2.24, 2.45) is 22.7 Å². The van der Waals surface area contributed by atoms with Gasteiger partial charge in [-0.25, -0.2) is 10.2 Å². The van der Waals surface area contributed by atoms with E-state index in [2.05, 4.69) is 31.3 Å². The summed E-state index contributed by atoms with van der Waals surface area (Å²) >= 11 is 0. The van der Waals surface area contributed by atoms with E-state index in [-0.39, 0.29) is 0 Å². The lowest BCUT2D eigenvalue weighted by atomic mass is 9.88. The smallest absolute Gasteiger partial charge is 0.332 e. The highest BCUT2D eigenvalue weighted by Gasteiger charge is 2.10. The topological polar surface area (TPSA) is 67.5 Å². The Bertz CT molecular complexity index is 224. The second kappa shape index (κ2) is 7.26. The van der Waals surface area contributed by atoms with Crippen molar-refractivity contribution in [3.63, 3.8) is 0 Å². The molecule has 15 heavy (non-hydrogen) atoms. The average Bonchev–Trinajstić information content (AvgIpc) is 2.15. The molecule has 0 aromatic heterocycles. The Hall–Kier alpha value is -1.06. The minimum absolute atomic E-state index is 0.606. The van der Waals surface area contributed by atoms with Crippen molar-refractivity contribution in [1.29, 1.82) is 0 Å². The predicted molar refractivity (Wildman–Crippen MR) is 63.7 cm³/mol. The molecule has 4 heteroatoms. The van der Waals surface area contributed by atoms with Gasteiger partial charge in [0.25, 0.3) is 0 Å². The number of nitrogens with two attached hydrogens (primary N) is 1. The number of nitrogens with zero attached hydrogens (tertiary/aromatic N) is 1. The maximum absolute atomic E-state index is 10.4. The van der Waals surface area contributed by atoms with Gasteiger partial charge >= 0.3 is 6.03 Å². The highest BCUT2D eigenvalue weighted by atomic mass is 16.2. The van der Waals surface area contributed by atoms with Crippen LogP contribution in [0.1, 0.15) is 47.0 Å². The first-order valence-corrected chi connectivity index (χ1v) is 5.56. The van der Waals surface area contributed by atoms with E-state index in [0.717, 1.165) is 24.5 Å². The fourth-order valence-corrected chi connectivity index (χ4v) is 1.61. The van der Waals surface area contributed by atoms with Crippen LogP contribution in [-0.2, 0) is 0 Å². The van der Waals surface area contributed by atoms with E-state index in [4.69, 9.17) is 5.73 Å². The van der Waals surface area contributed by atoms with E-state index < -0.39 is 6.03 Å². The molecular formula is C11H23N3O.